The van der Waals surface area contributed by atoms with Crippen molar-refractivity contribution in [2.45, 2.75) is 33.0 Å². The number of para-hydroxylation sites is 1. The number of carbonyl (C=O) groups is 2. The van der Waals surface area contributed by atoms with Gasteiger partial charge in [0.05, 0.1) is 17.9 Å². The van der Waals surface area contributed by atoms with Crippen LogP contribution in [0.3, 0.4) is 0 Å². The van der Waals surface area contributed by atoms with E-state index in [1.54, 1.807) is 6.92 Å². The van der Waals surface area contributed by atoms with Crippen LogP contribution in [0.1, 0.15) is 35.6 Å². The molecule has 2 rings (SSSR count). The maximum atomic E-state index is 13.3. The lowest BCUT2D eigenvalue weighted by Crippen LogP contribution is -2.42. The number of amides is 1. The SMILES string of the molecule is CCOC(=O)[C@@H](C)NC(=O)c1nn(-c2ccccc2C(F)(F)F)c(C)cc1=O. The van der Waals surface area contributed by atoms with Crippen LogP contribution in [0.15, 0.2) is 35.1 Å². The summed E-state index contributed by atoms with van der Waals surface area (Å²) >= 11 is 0. The molecule has 2 aromatic rings. The summed E-state index contributed by atoms with van der Waals surface area (Å²) in [5.41, 5.74) is -2.62. The summed E-state index contributed by atoms with van der Waals surface area (Å²) in [6.45, 7) is 4.43. The Morgan fingerprint density at radius 2 is 1.93 bits per heavy atom. The van der Waals surface area contributed by atoms with E-state index in [4.69, 9.17) is 4.74 Å². The van der Waals surface area contributed by atoms with Crippen LogP contribution >= 0.6 is 0 Å². The first-order valence-electron chi connectivity index (χ1n) is 8.31. The molecule has 0 unspecified atom stereocenters. The van der Waals surface area contributed by atoms with Gasteiger partial charge in [0.1, 0.15) is 6.04 Å². The highest BCUT2D eigenvalue weighted by molar-refractivity contribution is 5.94. The molecule has 1 heterocycles. The summed E-state index contributed by atoms with van der Waals surface area (Å²) in [5.74, 6) is -1.71. The molecule has 28 heavy (non-hydrogen) atoms. The molecular weight excluding hydrogens is 379 g/mol. The average Bonchev–Trinajstić information content (AvgIpc) is 2.61. The van der Waals surface area contributed by atoms with E-state index in [-0.39, 0.29) is 18.0 Å². The predicted octanol–water partition coefficient (Wildman–Crippen LogP) is 2.24. The van der Waals surface area contributed by atoms with Gasteiger partial charge in [-0.3, -0.25) is 9.59 Å². The van der Waals surface area contributed by atoms with E-state index in [2.05, 4.69) is 10.4 Å². The summed E-state index contributed by atoms with van der Waals surface area (Å²) in [6.07, 6.45) is -4.66. The van der Waals surface area contributed by atoms with E-state index >= 15 is 0 Å². The van der Waals surface area contributed by atoms with Gasteiger partial charge in [0.2, 0.25) is 5.43 Å². The van der Waals surface area contributed by atoms with E-state index in [1.165, 1.54) is 32.0 Å². The lowest BCUT2D eigenvalue weighted by molar-refractivity contribution is -0.145. The summed E-state index contributed by atoms with van der Waals surface area (Å²) in [5, 5.41) is 6.07. The van der Waals surface area contributed by atoms with Gasteiger partial charge in [-0.1, -0.05) is 12.1 Å². The van der Waals surface area contributed by atoms with Crippen LogP contribution in [0.2, 0.25) is 0 Å². The van der Waals surface area contributed by atoms with E-state index in [0.717, 1.165) is 16.8 Å². The Balaban J connectivity index is 2.48. The van der Waals surface area contributed by atoms with Crippen molar-refractivity contribution in [1.82, 2.24) is 15.1 Å². The van der Waals surface area contributed by atoms with Crippen molar-refractivity contribution < 1.29 is 27.5 Å². The number of aromatic nitrogens is 2. The predicted molar refractivity (Wildman–Crippen MR) is 93.1 cm³/mol. The largest absolute Gasteiger partial charge is 0.464 e. The van der Waals surface area contributed by atoms with Crippen molar-refractivity contribution in [3.8, 4) is 5.69 Å². The van der Waals surface area contributed by atoms with Crippen LogP contribution in [0.25, 0.3) is 5.69 Å². The summed E-state index contributed by atoms with van der Waals surface area (Å²) < 4.78 is 45.5. The number of ether oxygens (including phenoxy) is 1. The smallest absolute Gasteiger partial charge is 0.418 e. The first-order chi connectivity index (χ1) is 13.1. The van der Waals surface area contributed by atoms with Gasteiger partial charge in [-0.2, -0.15) is 18.3 Å². The number of nitrogens with zero attached hydrogens (tertiary/aromatic N) is 2. The minimum atomic E-state index is -4.66. The molecule has 1 aromatic heterocycles. The Bertz CT molecular complexity index is 954. The highest BCUT2D eigenvalue weighted by Crippen LogP contribution is 2.33. The normalized spacial score (nSPS) is 12.4. The fourth-order valence-corrected chi connectivity index (χ4v) is 2.44. The molecule has 7 nitrogen and oxygen atoms in total. The summed E-state index contributed by atoms with van der Waals surface area (Å²) in [4.78, 5) is 36.1. The Morgan fingerprint density at radius 1 is 1.29 bits per heavy atom. The fraction of sp³-hybridized carbons (Fsp3) is 0.333. The number of halogens is 3. The Kier molecular flexibility index (Phi) is 6.22. The van der Waals surface area contributed by atoms with Crippen LogP contribution in [-0.2, 0) is 15.7 Å². The van der Waals surface area contributed by atoms with E-state index in [9.17, 15) is 27.6 Å². The first kappa shape index (κ1) is 21.1. The van der Waals surface area contributed by atoms with Gasteiger partial charge < -0.3 is 10.1 Å². The molecule has 150 valence electrons. The molecule has 1 aromatic carbocycles. The van der Waals surface area contributed by atoms with E-state index in [1.807, 2.05) is 0 Å². The van der Waals surface area contributed by atoms with Crippen LogP contribution < -0.4 is 10.7 Å². The zero-order valence-corrected chi connectivity index (χ0v) is 15.3. The molecule has 10 heteroatoms. The number of hydrogen-bond acceptors (Lipinski definition) is 5. The zero-order valence-electron chi connectivity index (χ0n) is 15.3. The second-order valence-electron chi connectivity index (χ2n) is 5.87. The van der Waals surface area contributed by atoms with Crippen LogP contribution in [0.5, 0.6) is 0 Å². The number of nitrogens with one attached hydrogen (secondary N) is 1. The first-order valence-corrected chi connectivity index (χ1v) is 8.31. The van der Waals surface area contributed by atoms with Crippen molar-refractivity contribution in [3.05, 3.63) is 57.5 Å². The molecule has 0 aliphatic rings. The number of aryl methyl sites for hydroxylation is 1. The molecular formula is C18H18F3N3O4. The third-order valence-corrected chi connectivity index (χ3v) is 3.75. The Hall–Kier alpha value is -3.17. The average molecular weight is 397 g/mol. The fourth-order valence-electron chi connectivity index (χ4n) is 2.44. The van der Waals surface area contributed by atoms with Crippen LogP contribution in [0.4, 0.5) is 13.2 Å². The van der Waals surface area contributed by atoms with Gasteiger partial charge in [0, 0.05) is 11.8 Å². The lowest BCUT2D eigenvalue weighted by Gasteiger charge is -2.17. The van der Waals surface area contributed by atoms with Gasteiger partial charge in [0.25, 0.3) is 5.91 Å². The molecule has 1 amide bonds. The number of rotatable bonds is 5. The second-order valence-corrected chi connectivity index (χ2v) is 5.87. The third-order valence-electron chi connectivity index (χ3n) is 3.75. The molecule has 0 aliphatic carbocycles. The topological polar surface area (TPSA) is 90.3 Å². The molecule has 0 bridgehead atoms. The standard InChI is InChI=1S/C18H18F3N3O4/c1-4-28-17(27)11(3)22-16(26)15-14(25)9-10(2)24(23-15)13-8-6-5-7-12(13)18(19,20)21/h5-9,11H,4H2,1-3H3,(H,22,26)/t11-/m1/s1. The molecule has 0 radical (unpaired) electrons. The van der Waals surface area contributed by atoms with Crippen molar-refractivity contribution in [1.29, 1.82) is 0 Å². The molecule has 0 fully saturated rings. The van der Waals surface area contributed by atoms with Crippen molar-refractivity contribution in [2.24, 2.45) is 0 Å². The van der Waals surface area contributed by atoms with Crippen molar-refractivity contribution in [2.75, 3.05) is 6.61 Å². The number of benzene rings is 1. The van der Waals surface area contributed by atoms with Crippen LogP contribution in [-0.4, -0.2) is 34.3 Å². The number of alkyl halides is 3. The number of carbonyl (C=O) groups excluding carboxylic acids is 2. The maximum Gasteiger partial charge on any atom is 0.418 e. The minimum Gasteiger partial charge on any atom is -0.464 e. The summed E-state index contributed by atoms with van der Waals surface area (Å²) in [6, 6.07) is 4.59. The molecule has 0 aliphatic heterocycles. The molecule has 1 N–H and O–H groups in total. The van der Waals surface area contributed by atoms with Gasteiger partial charge in [0.15, 0.2) is 5.69 Å². The van der Waals surface area contributed by atoms with Gasteiger partial charge in [-0.05, 0) is 32.9 Å². The second kappa shape index (κ2) is 8.24. The molecule has 0 saturated heterocycles. The van der Waals surface area contributed by atoms with Gasteiger partial charge in [-0.25, -0.2) is 9.48 Å². The minimum absolute atomic E-state index is 0.100. The molecule has 1 atom stereocenters. The van der Waals surface area contributed by atoms with Crippen LogP contribution in [0, 0.1) is 6.92 Å². The summed E-state index contributed by atoms with van der Waals surface area (Å²) in [7, 11) is 0. The van der Waals surface area contributed by atoms with Crippen molar-refractivity contribution >= 4 is 11.9 Å². The highest BCUT2D eigenvalue weighted by Gasteiger charge is 2.34. The molecule has 0 spiro atoms. The Morgan fingerprint density at radius 3 is 2.54 bits per heavy atom. The number of esters is 1. The zero-order chi connectivity index (χ0) is 21.1. The number of hydrogen-bond donors (Lipinski definition) is 1. The van der Waals surface area contributed by atoms with Gasteiger partial charge in [-0.15, -0.1) is 0 Å². The van der Waals surface area contributed by atoms with Crippen molar-refractivity contribution in [3.63, 3.8) is 0 Å². The Labute approximate surface area is 158 Å². The highest BCUT2D eigenvalue weighted by atomic mass is 19.4. The monoisotopic (exact) mass is 397 g/mol. The van der Waals surface area contributed by atoms with Gasteiger partial charge >= 0.3 is 12.1 Å². The van der Waals surface area contributed by atoms with E-state index in [0.29, 0.717) is 0 Å². The third kappa shape index (κ3) is 4.56. The quantitative estimate of drug-likeness (QED) is 0.782. The van der Waals surface area contributed by atoms with E-state index < -0.39 is 40.8 Å². The maximum absolute atomic E-state index is 13.3. The lowest BCUT2D eigenvalue weighted by atomic mass is 10.1. The molecule has 0 saturated carbocycles.